The molecule has 1 atom stereocenters. The van der Waals surface area contributed by atoms with E-state index in [2.05, 4.69) is 5.32 Å². The van der Waals surface area contributed by atoms with Gasteiger partial charge >= 0.3 is 6.03 Å². The number of amides is 2. The Morgan fingerprint density at radius 3 is 2.56 bits per heavy atom. The lowest BCUT2D eigenvalue weighted by Gasteiger charge is -2.21. The molecule has 5 nitrogen and oxygen atoms in total. The number of carbonyl (C=O) groups excluding carboxylic acids is 1. The Labute approximate surface area is 106 Å². The molecule has 0 bridgehead atoms. The molecule has 1 fully saturated rings. The Bertz CT molecular complexity index is 399. The largest absolute Gasteiger partial charge is 0.508 e. The fourth-order valence-corrected chi connectivity index (χ4v) is 1.94. The summed E-state index contributed by atoms with van der Waals surface area (Å²) in [4.78, 5) is 13.6. The van der Waals surface area contributed by atoms with E-state index in [0.29, 0.717) is 5.75 Å². The Hall–Kier alpha value is -1.91. The topological polar surface area (TPSA) is 61.8 Å². The van der Waals surface area contributed by atoms with Crippen molar-refractivity contribution < 1.29 is 14.6 Å². The molecule has 1 aromatic carbocycles. The minimum absolute atomic E-state index is 0.0845. The molecule has 1 aliphatic rings. The van der Waals surface area contributed by atoms with Crippen LogP contribution in [0.2, 0.25) is 0 Å². The minimum Gasteiger partial charge on any atom is -0.508 e. The number of hydrogen-bond donors (Lipinski definition) is 2. The van der Waals surface area contributed by atoms with Crippen LogP contribution in [0.15, 0.2) is 24.3 Å². The van der Waals surface area contributed by atoms with E-state index in [0.717, 1.165) is 25.9 Å². The zero-order valence-electron chi connectivity index (χ0n) is 10.4. The first-order valence-electron chi connectivity index (χ1n) is 6.16. The first kappa shape index (κ1) is 12.5. The van der Waals surface area contributed by atoms with Gasteiger partial charge in [0.05, 0.1) is 0 Å². The van der Waals surface area contributed by atoms with Gasteiger partial charge in [0.25, 0.3) is 0 Å². The van der Waals surface area contributed by atoms with E-state index in [-0.39, 0.29) is 11.8 Å². The normalized spacial score (nSPS) is 16.4. The van der Waals surface area contributed by atoms with Crippen LogP contribution in [0.3, 0.4) is 0 Å². The first-order chi connectivity index (χ1) is 8.65. The lowest BCUT2D eigenvalue weighted by atomic mass is 10.3. The molecule has 1 saturated heterocycles. The number of urea groups is 1. The van der Waals surface area contributed by atoms with Crippen molar-refractivity contribution in [2.75, 3.05) is 13.1 Å². The number of likely N-dealkylation sites (tertiary alicyclic amines) is 1. The molecule has 0 radical (unpaired) electrons. The molecule has 2 amide bonds. The summed E-state index contributed by atoms with van der Waals surface area (Å²) in [5, 5.41) is 11.9. The van der Waals surface area contributed by atoms with Crippen molar-refractivity contribution in [3.63, 3.8) is 0 Å². The standard InChI is InChI=1S/C13H18N2O3/c1-10(14-13(17)15-8-2-3-9-15)18-12-6-4-11(16)5-7-12/h4-7,10,16H,2-3,8-9H2,1H3,(H,14,17). The number of hydrogen-bond acceptors (Lipinski definition) is 3. The Morgan fingerprint density at radius 2 is 1.94 bits per heavy atom. The van der Waals surface area contributed by atoms with Gasteiger partial charge in [-0.05, 0) is 44.0 Å². The lowest BCUT2D eigenvalue weighted by Crippen LogP contribution is -2.44. The number of nitrogens with one attached hydrogen (secondary N) is 1. The van der Waals surface area contributed by atoms with Crippen LogP contribution < -0.4 is 10.1 Å². The van der Waals surface area contributed by atoms with Gasteiger partial charge in [0.1, 0.15) is 11.5 Å². The van der Waals surface area contributed by atoms with Crippen LogP contribution in [-0.2, 0) is 0 Å². The maximum Gasteiger partial charge on any atom is 0.320 e. The molecular formula is C13H18N2O3. The van der Waals surface area contributed by atoms with Gasteiger partial charge in [-0.1, -0.05) is 0 Å². The average Bonchev–Trinajstić information content (AvgIpc) is 2.85. The van der Waals surface area contributed by atoms with Crippen molar-refractivity contribution in [3.05, 3.63) is 24.3 Å². The van der Waals surface area contributed by atoms with Crippen LogP contribution >= 0.6 is 0 Å². The third-order valence-electron chi connectivity index (χ3n) is 2.87. The van der Waals surface area contributed by atoms with E-state index < -0.39 is 6.23 Å². The third-order valence-corrected chi connectivity index (χ3v) is 2.87. The predicted molar refractivity (Wildman–Crippen MR) is 67.5 cm³/mol. The van der Waals surface area contributed by atoms with E-state index in [1.807, 2.05) is 0 Å². The van der Waals surface area contributed by atoms with Crippen LogP contribution in [0.1, 0.15) is 19.8 Å². The minimum atomic E-state index is -0.400. The second-order valence-electron chi connectivity index (χ2n) is 4.40. The number of phenols is 1. The van der Waals surface area contributed by atoms with Crippen molar-refractivity contribution in [1.82, 2.24) is 10.2 Å². The zero-order valence-corrected chi connectivity index (χ0v) is 10.4. The Balaban J connectivity index is 1.82. The maximum atomic E-state index is 11.8. The molecule has 2 rings (SSSR count). The summed E-state index contributed by atoms with van der Waals surface area (Å²) in [5.41, 5.74) is 0. The van der Waals surface area contributed by atoms with Crippen molar-refractivity contribution in [1.29, 1.82) is 0 Å². The highest BCUT2D eigenvalue weighted by atomic mass is 16.5. The summed E-state index contributed by atoms with van der Waals surface area (Å²) in [7, 11) is 0. The van der Waals surface area contributed by atoms with E-state index >= 15 is 0 Å². The van der Waals surface area contributed by atoms with Crippen LogP contribution in [0.4, 0.5) is 4.79 Å². The first-order valence-corrected chi connectivity index (χ1v) is 6.16. The molecule has 18 heavy (non-hydrogen) atoms. The molecule has 1 unspecified atom stereocenters. The van der Waals surface area contributed by atoms with Gasteiger partial charge in [-0.15, -0.1) is 0 Å². The second kappa shape index (κ2) is 5.62. The molecule has 1 aliphatic heterocycles. The summed E-state index contributed by atoms with van der Waals surface area (Å²) < 4.78 is 5.53. The fourth-order valence-electron chi connectivity index (χ4n) is 1.94. The Morgan fingerprint density at radius 1 is 1.33 bits per heavy atom. The van der Waals surface area contributed by atoms with Crippen molar-refractivity contribution in [3.8, 4) is 11.5 Å². The average molecular weight is 250 g/mol. The van der Waals surface area contributed by atoms with Gasteiger partial charge in [-0.2, -0.15) is 0 Å². The summed E-state index contributed by atoms with van der Waals surface area (Å²) in [6.07, 6.45) is 1.74. The maximum absolute atomic E-state index is 11.8. The fraction of sp³-hybridized carbons (Fsp3) is 0.462. The number of phenolic OH excluding ortho intramolecular Hbond substituents is 1. The van der Waals surface area contributed by atoms with Crippen LogP contribution in [0.25, 0.3) is 0 Å². The monoisotopic (exact) mass is 250 g/mol. The summed E-state index contributed by atoms with van der Waals surface area (Å²) in [6.45, 7) is 3.41. The summed E-state index contributed by atoms with van der Waals surface area (Å²) in [6, 6.07) is 6.33. The molecule has 0 spiro atoms. The van der Waals surface area contributed by atoms with Crippen molar-refractivity contribution >= 4 is 6.03 Å². The number of ether oxygens (including phenoxy) is 1. The molecule has 1 heterocycles. The van der Waals surface area contributed by atoms with E-state index in [1.165, 1.54) is 0 Å². The number of carbonyl (C=O) groups is 1. The van der Waals surface area contributed by atoms with E-state index in [9.17, 15) is 4.79 Å². The molecular weight excluding hydrogens is 232 g/mol. The third kappa shape index (κ3) is 3.29. The van der Waals surface area contributed by atoms with Crippen LogP contribution in [0.5, 0.6) is 11.5 Å². The highest BCUT2D eigenvalue weighted by Crippen LogP contribution is 2.16. The van der Waals surface area contributed by atoms with Crippen LogP contribution in [0, 0.1) is 0 Å². The van der Waals surface area contributed by atoms with Crippen molar-refractivity contribution in [2.45, 2.75) is 26.0 Å². The zero-order chi connectivity index (χ0) is 13.0. The smallest absolute Gasteiger partial charge is 0.320 e. The molecule has 0 saturated carbocycles. The number of aromatic hydroxyl groups is 1. The molecule has 2 N–H and O–H groups in total. The van der Waals surface area contributed by atoms with E-state index in [1.54, 1.807) is 36.1 Å². The quantitative estimate of drug-likeness (QED) is 0.806. The van der Waals surface area contributed by atoms with Crippen molar-refractivity contribution in [2.24, 2.45) is 0 Å². The van der Waals surface area contributed by atoms with Gasteiger partial charge < -0.3 is 20.1 Å². The summed E-state index contributed by atoms with van der Waals surface area (Å²) >= 11 is 0. The van der Waals surface area contributed by atoms with Gasteiger partial charge in [0.15, 0.2) is 6.23 Å². The van der Waals surface area contributed by atoms with Gasteiger partial charge in [0, 0.05) is 13.1 Å². The van der Waals surface area contributed by atoms with Gasteiger partial charge in [-0.3, -0.25) is 0 Å². The molecule has 98 valence electrons. The van der Waals surface area contributed by atoms with E-state index in [4.69, 9.17) is 9.84 Å². The highest BCUT2D eigenvalue weighted by molar-refractivity contribution is 5.74. The van der Waals surface area contributed by atoms with Crippen LogP contribution in [-0.4, -0.2) is 35.4 Å². The number of nitrogens with zero attached hydrogens (tertiary/aromatic N) is 1. The Kier molecular flexibility index (Phi) is 3.92. The number of rotatable bonds is 3. The molecule has 5 heteroatoms. The molecule has 0 aliphatic carbocycles. The SMILES string of the molecule is CC(NC(=O)N1CCCC1)Oc1ccc(O)cc1. The highest BCUT2D eigenvalue weighted by Gasteiger charge is 2.19. The summed E-state index contributed by atoms with van der Waals surface area (Å²) in [5.74, 6) is 0.804. The van der Waals surface area contributed by atoms with Gasteiger partial charge in [-0.25, -0.2) is 4.79 Å². The molecule has 1 aromatic rings. The predicted octanol–water partition coefficient (Wildman–Crippen LogP) is 1.92. The number of benzene rings is 1. The second-order valence-corrected chi connectivity index (χ2v) is 4.40. The molecule has 0 aromatic heterocycles. The lowest BCUT2D eigenvalue weighted by molar-refractivity contribution is 0.159. The van der Waals surface area contributed by atoms with Gasteiger partial charge in [0.2, 0.25) is 0 Å².